The summed E-state index contributed by atoms with van der Waals surface area (Å²) in [7, 11) is -3.33. The second-order valence-corrected chi connectivity index (χ2v) is 14.5. The lowest BCUT2D eigenvalue weighted by molar-refractivity contribution is -0.226. The summed E-state index contributed by atoms with van der Waals surface area (Å²) in [5.74, 6) is -0.344. The zero-order chi connectivity index (χ0) is 20.1. The summed E-state index contributed by atoms with van der Waals surface area (Å²) in [6, 6.07) is -0.878. The average Bonchev–Trinajstić information content (AvgIpc) is 2.54. The van der Waals surface area contributed by atoms with Crippen LogP contribution < -0.4 is 10.0 Å². The fourth-order valence-electron chi connectivity index (χ4n) is 2.57. The van der Waals surface area contributed by atoms with Crippen molar-refractivity contribution in [2.24, 2.45) is 0 Å². The normalized spacial score (nSPS) is 28.4. The Bertz CT molecular complexity index is 568. The highest BCUT2D eigenvalue weighted by Gasteiger charge is 2.41. The minimum absolute atomic E-state index is 0.0927. The first-order valence-corrected chi connectivity index (χ1v) is 13.5. The maximum atomic E-state index is 12.6. The van der Waals surface area contributed by atoms with E-state index in [0.29, 0.717) is 0 Å². The van der Waals surface area contributed by atoms with Gasteiger partial charge in [0.1, 0.15) is 6.10 Å². The molecule has 1 saturated heterocycles. The zero-order valence-electron chi connectivity index (χ0n) is 15.8. The third-order valence-corrected chi connectivity index (χ3v) is 8.42. The van der Waals surface area contributed by atoms with Crippen molar-refractivity contribution in [2.45, 2.75) is 56.3 Å². The van der Waals surface area contributed by atoms with Gasteiger partial charge >= 0.3 is 6.09 Å². The van der Waals surface area contributed by atoms with Crippen LogP contribution in [0.3, 0.4) is 0 Å². The van der Waals surface area contributed by atoms with E-state index in [2.05, 4.69) is 14.8 Å². The van der Waals surface area contributed by atoms with Crippen LogP contribution in [0.4, 0.5) is 4.79 Å². The van der Waals surface area contributed by atoms with Crippen molar-refractivity contribution in [3.63, 3.8) is 0 Å². The second kappa shape index (κ2) is 9.44. The van der Waals surface area contributed by atoms with Gasteiger partial charge in [0.25, 0.3) is 0 Å². The molecule has 0 aromatic rings. The first-order valence-electron chi connectivity index (χ1n) is 8.25. The number of amides is 1. The van der Waals surface area contributed by atoms with Crippen molar-refractivity contribution in [1.82, 2.24) is 10.0 Å². The number of methoxy groups -OCH3 is 2. The molecule has 0 radical (unpaired) electrons. The molecular weight excluding hydrogens is 384 g/mol. The highest BCUT2D eigenvalue weighted by Crippen LogP contribution is 2.22. The average molecular weight is 415 g/mol. The Balaban J connectivity index is 2.89. The Hall–Kier alpha value is -0.763. The molecular formula is C14H30N2O8SSi. The molecule has 1 amide bonds. The maximum Gasteiger partial charge on any atom is 0.406 e. The van der Waals surface area contributed by atoms with Crippen LogP contribution in [-0.4, -0.2) is 89.6 Å². The highest BCUT2D eigenvalue weighted by atomic mass is 32.2. The van der Waals surface area contributed by atoms with Gasteiger partial charge in [-0.05, 0) is 0 Å². The number of hydrogen-bond acceptors (Lipinski definition) is 8. The molecule has 1 fully saturated rings. The zero-order valence-corrected chi connectivity index (χ0v) is 17.6. The van der Waals surface area contributed by atoms with E-state index < -0.39 is 61.0 Å². The number of hydrogen-bond donors (Lipinski definition) is 4. The fraction of sp³-hybridized carbons (Fsp3) is 0.929. The monoisotopic (exact) mass is 414 g/mol. The fourth-order valence-corrected chi connectivity index (χ4v) is 7.09. The van der Waals surface area contributed by atoms with Gasteiger partial charge in [-0.3, -0.25) is 0 Å². The largest absolute Gasteiger partial charge is 0.453 e. The number of ether oxygens (including phenoxy) is 3. The van der Waals surface area contributed by atoms with E-state index in [1.54, 1.807) is 0 Å². The lowest BCUT2D eigenvalue weighted by atomic mass is 10.0. The standard InChI is InChI=1S/C14H30N2O8SSi/c1-22-12-6-9(13(18)10(7-17)24-12)16-25(20,21)8-11(26(3,4)5)15-14(19)23-2/h9-13,16-18H,6-8H2,1-5H3,(H,15,19)/t9-,10-,11?,12+,13+/m1/s1. The summed E-state index contributed by atoms with van der Waals surface area (Å²) < 4.78 is 42.7. The number of carbonyl (C=O) groups excluding carboxylic acids is 1. The van der Waals surface area contributed by atoms with Crippen molar-refractivity contribution < 1.29 is 37.6 Å². The van der Waals surface area contributed by atoms with E-state index in [1.165, 1.54) is 14.2 Å². The molecule has 1 unspecified atom stereocenters. The van der Waals surface area contributed by atoms with E-state index in [1.807, 2.05) is 19.6 Å². The number of aliphatic hydroxyl groups excluding tert-OH is 2. The van der Waals surface area contributed by atoms with Crippen molar-refractivity contribution in [3.05, 3.63) is 0 Å². The molecule has 0 spiro atoms. The number of alkyl carbamates (subject to hydrolysis) is 1. The lowest BCUT2D eigenvalue weighted by Gasteiger charge is -2.38. The van der Waals surface area contributed by atoms with Crippen molar-refractivity contribution in [1.29, 1.82) is 0 Å². The molecule has 10 nitrogen and oxygen atoms in total. The third kappa shape index (κ3) is 6.76. The molecule has 0 bridgehead atoms. The van der Waals surface area contributed by atoms with E-state index in [-0.39, 0.29) is 12.2 Å². The van der Waals surface area contributed by atoms with Crippen LogP contribution in [0.5, 0.6) is 0 Å². The van der Waals surface area contributed by atoms with Crippen LogP contribution in [0, 0.1) is 0 Å². The summed E-state index contributed by atoms with van der Waals surface area (Å²) in [6.45, 7) is 5.31. The van der Waals surface area contributed by atoms with Gasteiger partial charge in [-0.25, -0.2) is 17.9 Å². The molecule has 4 N–H and O–H groups in total. The molecule has 1 heterocycles. The summed E-state index contributed by atoms with van der Waals surface area (Å²) in [5.41, 5.74) is -0.587. The quantitative estimate of drug-likeness (QED) is 0.370. The van der Waals surface area contributed by atoms with Crippen LogP contribution in [0.15, 0.2) is 0 Å². The van der Waals surface area contributed by atoms with Gasteiger partial charge in [-0.2, -0.15) is 0 Å². The van der Waals surface area contributed by atoms with E-state index in [0.717, 1.165) is 0 Å². The first-order chi connectivity index (χ1) is 11.9. The summed E-state index contributed by atoms with van der Waals surface area (Å²) in [5, 5.41) is 22.1. The molecule has 1 aliphatic rings. The first kappa shape index (κ1) is 23.3. The SMILES string of the molecule is COC(=O)NC(CS(=O)(=O)N[C@@H]1C[C@@H](OC)O[C@H](CO)[C@H]1O)[Si](C)(C)C. The molecule has 154 valence electrons. The Kier molecular flexibility index (Phi) is 8.45. The van der Waals surface area contributed by atoms with Crippen molar-refractivity contribution >= 4 is 24.2 Å². The number of carbonyl (C=O) groups is 1. The van der Waals surface area contributed by atoms with Gasteiger partial charge in [0.15, 0.2) is 6.29 Å². The molecule has 0 saturated carbocycles. The molecule has 1 rings (SSSR count). The van der Waals surface area contributed by atoms with Gasteiger partial charge in [0, 0.05) is 19.2 Å². The summed E-state index contributed by atoms with van der Waals surface area (Å²) >= 11 is 0. The maximum absolute atomic E-state index is 12.6. The molecule has 0 aromatic carbocycles. The molecule has 5 atom stereocenters. The number of rotatable bonds is 8. The van der Waals surface area contributed by atoms with E-state index in [9.17, 15) is 23.4 Å². The summed E-state index contributed by atoms with van der Waals surface area (Å²) in [6.07, 6.45) is -3.53. The minimum Gasteiger partial charge on any atom is -0.453 e. The number of sulfonamides is 1. The lowest BCUT2D eigenvalue weighted by Crippen LogP contribution is -2.60. The van der Waals surface area contributed by atoms with Crippen molar-refractivity contribution in [2.75, 3.05) is 26.6 Å². The predicted octanol–water partition coefficient (Wildman–Crippen LogP) is -1.01. The van der Waals surface area contributed by atoms with Crippen LogP contribution >= 0.6 is 0 Å². The van der Waals surface area contributed by atoms with Gasteiger partial charge in [0.05, 0.1) is 39.7 Å². The topological polar surface area (TPSA) is 143 Å². The van der Waals surface area contributed by atoms with Gasteiger partial charge < -0.3 is 29.7 Å². The van der Waals surface area contributed by atoms with Crippen LogP contribution in [0.1, 0.15) is 6.42 Å². The molecule has 26 heavy (non-hydrogen) atoms. The Morgan fingerprint density at radius 3 is 2.42 bits per heavy atom. The summed E-state index contributed by atoms with van der Waals surface area (Å²) in [4.78, 5) is 11.5. The second-order valence-electron chi connectivity index (χ2n) is 7.31. The highest BCUT2D eigenvalue weighted by molar-refractivity contribution is 7.89. The van der Waals surface area contributed by atoms with Crippen molar-refractivity contribution in [3.8, 4) is 0 Å². The predicted molar refractivity (Wildman–Crippen MR) is 96.8 cm³/mol. The van der Waals surface area contributed by atoms with Crippen LogP contribution in [0.25, 0.3) is 0 Å². The van der Waals surface area contributed by atoms with Gasteiger partial charge in [-0.15, -0.1) is 0 Å². The number of aliphatic hydroxyl groups is 2. The molecule has 0 aromatic heterocycles. The van der Waals surface area contributed by atoms with Crippen LogP contribution in [0.2, 0.25) is 19.6 Å². The molecule has 12 heteroatoms. The molecule has 1 aliphatic heterocycles. The van der Waals surface area contributed by atoms with Gasteiger partial charge in [0.2, 0.25) is 10.0 Å². The molecule has 0 aliphatic carbocycles. The Labute approximate surface area is 155 Å². The smallest absolute Gasteiger partial charge is 0.406 e. The van der Waals surface area contributed by atoms with E-state index in [4.69, 9.17) is 9.47 Å². The Morgan fingerprint density at radius 1 is 1.35 bits per heavy atom. The third-order valence-electron chi connectivity index (χ3n) is 4.25. The van der Waals surface area contributed by atoms with E-state index >= 15 is 0 Å². The minimum atomic E-state index is -3.85. The number of nitrogens with one attached hydrogen (secondary N) is 2. The van der Waals surface area contributed by atoms with Gasteiger partial charge in [-0.1, -0.05) is 19.6 Å². The van der Waals surface area contributed by atoms with Crippen LogP contribution in [-0.2, 0) is 24.2 Å². The Morgan fingerprint density at radius 2 is 1.96 bits per heavy atom.